The molecule has 2 aromatic rings. The molecule has 2 aliphatic rings. The van der Waals surface area contributed by atoms with E-state index in [0.29, 0.717) is 24.2 Å². The Morgan fingerprint density at radius 3 is 2.35 bits per heavy atom. The van der Waals surface area contributed by atoms with Gasteiger partial charge in [0.05, 0.1) is 12.2 Å². The summed E-state index contributed by atoms with van der Waals surface area (Å²) in [4.78, 5) is 26.3. The summed E-state index contributed by atoms with van der Waals surface area (Å²) < 4.78 is 11.4. The lowest BCUT2D eigenvalue weighted by molar-refractivity contribution is -0.138. The SMILES string of the molecule is CCOC(=O)C1=C(C)NC2=C(C(=O)CC(C)(C)C2)[C@@H]1c1ccc(OCc2ccc(C)cc2)cc1. The molecule has 0 radical (unpaired) electrons. The van der Waals surface area contributed by atoms with Gasteiger partial charge in [0, 0.05) is 29.3 Å². The molecule has 0 saturated heterocycles. The number of rotatable bonds is 6. The minimum atomic E-state index is -0.454. The van der Waals surface area contributed by atoms with Crippen molar-refractivity contribution in [2.24, 2.45) is 5.41 Å². The van der Waals surface area contributed by atoms with Gasteiger partial charge in [-0.05, 0) is 55.9 Å². The fraction of sp³-hybridized carbons (Fsp3) is 0.379. The zero-order valence-electron chi connectivity index (χ0n) is 20.7. The number of carbonyl (C=O) groups is 2. The second kappa shape index (κ2) is 9.49. The monoisotopic (exact) mass is 459 g/mol. The first kappa shape index (κ1) is 23.8. The molecule has 5 nitrogen and oxygen atoms in total. The Bertz CT molecular complexity index is 1150. The molecular weight excluding hydrogens is 426 g/mol. The van der Waals surface area contributed by atoms with Crippen LogP contribution < -0.4 is 10.1 Å². The Morgan fingerprint density at radius 2 is 1.71 bits per heavy atom. The largest absolute Gasteiger partial charge is 0.489 e. The highest BCUT2D eigenvalue weighted by molar-refractivity contribution is 6.04. The number of Topliss-reactive ketones (excluding diaryl/α,β-unsaturated/α-hetero) is 1. The molecule has 0 saturated carbocycles. The summed E-state index contributed by atoms with van der Waals surface area (Å²) in [6.45, 7) is 10.7. The van der Waals surface area contributed by atoms with Crippen LogP contribution in [0.25, 0.3) is 0 Å². The molecule has 1 aliphatic heterocycles. The zero-order chi connectivity index (χ0) is 24.5. The molecule has 0 fully saturated rings. The van der Waals surface area contributed by atoms with Crippen molar-refractivity contribution in [3.63, 3.8) is 0 Å². The van der Waals surface area contributed by atoms with Gasteiger partial charge in [-0.3, -0.25) is 4.79 Å². The Morgan fingerprint density at radius 1 is 1.03 bits per heavy atom. The molecule has 5 heteroatoms. The fourth-order valence-corrected chi connectivity index (χ4v) is 4.86. The molecule has 2 aromatic carbocycles. The van der Waals surface area contributed by atoms with Gasteiger partial charge in [0.25, 0.3) is 0 Å². The van der Waals surface area contributed by atoms with E-state index in [0.717, 1.165) is 34.7 Å². The van der Waals surface area contributed by atoms with Crippen molar-refractivity contribution >= 4 is 11.8 Å². The second-order valence-corrected chi connectivity index (χ2v) is 9.99. The van der Waals surface area contributed by atoms with Crippen LogP contribution in [0.4, 0.5) is 0 Å². The number of dihydropyridines is 1. The fourth-order valence-electron chi connectivity index (χ4n) is 4.86. The zero-order valence-corrected chi connectivity index (χ0v) is 20.7. The van der Waals surface area contributed by atoms with Crippen LogP contribution in [0, 0.1) is 12.3 Å². The first-order valence-electron chi connectivity index (χ1n) is 11.9. The summed E-state index contributed by atoms with van der Waals surface area (Å²) in [7, 11) is 0. The van der Waals surface area contributed by atoms with Crippen LogP contribution in [0.5, 0.6) is 5.75 Å². The van der Waals surface area contributed by atoms with E-state index in [4.69, 9.17) is 9.47 Å². The van der Waals surface area contributed by atoms with Gasteiger partial charge in [-0.15, -0.1) is 0 Å². The molecule has 0 unspecified atom stereocenters. The average Bonchev–Trinajstić information content (AvgIpc) is 2.77. The summed E-state index contributed by atoms with van der Waals surface area (Å²) in [5.74, 6) is -0.0221. The molecule has 1 heterocycles. The van der Waals surface area contributed by atoms with Gasteiger partial charge in [0.1, 0.15) is 12.4 Å². The van der Waals surface area contributed by atoms with Crippen LogP contribution in [-0.2, 0) is 20.9 Å². The number of aryl methyl sites for hydroxylation is 1. The van der Waals surface area contributed by atoms with Crippen LogP contribution in [0.3, 0.4) is 0 Å². The third-order valence-corrected chi connectivity index (χ3v) is 6.47. The van der Waals surface area contributed by atoms with Crippen molar-refractivity contribution in [2.45, 2.75) is 60.0 Å². The van der Waals surface area contributed by atoms with E-state index in [1.54, 1.807) is 6.92 Å². The molecule has 4 rings (SSSR count). The van der Waals surface area contributed by atoms with Crippen molar-refractivity contribution in [2.75, 3.05) is 6.61 Å². The summed E-state index contributed by atoms with van der Waals surface area (Å²) in [6.07, 6.45) is 1.21. The summed E-state index contributed by atoms with van der Waals surface area (Å²) in [5, 5.41) is 3.36. The van der Waals surface area contributed by atoms with Gasteiger partial charge in [0.2, 0.25) is 0 Å². The number of esters is 1. The topological polar surface area (TPSA) is 64.6 Å². The number of allylic oxidation sites excluding steroid dienone is 3. The minimum Gasteiger partial charge on any atom is -0.489 e. The molecular formula is C29H33NO4. The van der Waals surface area contributed by atoms with Crippen molar-refractivity contribution in [1.29, 1.82) is 0 Å². The molecule has 1 atom stereocenters. The van der Waals surface area contributed by atoms with Crippen molar-refractivity contribution < 1.29 is 19.1 Å². The Kier molecular flexibility index (Phi) is 6.65. The molecule has 1 N–H and O–H groups in total. The minimum absolute atomic E-state index is 0.0812. The van der Waals surface area contributed by atoms with Crippen LogP contribution in [0.2, 0.25) is 0 Å². The highest BCUT2D eigenvalue weighted by atomic mass is 16.5. The van der Waals surface area contributed by atoms with Crippen molar-refractivity contribution in [3.05, 3.63) is 87.8 Å². The number of hydrogen-bond donors (Lipinski definition) is 1. The molecule has 178 valence electrons. The molecule has 0 spiro atoms. The number of benzene rings is 2. The number of hydrogen-bond acceptors (Lipinski definition) is 5. The van der Waals surface area contributed by atoms with E-state index in [-0.39, 0.29) is 23.8 Å². The average molecular weight is 460 g/mol. The predicted molar refractivity (Wildman–Crippen MR) is 132 cm³/mol. The van der Waals surface area contributed by atoms with E-state index >= 15 is 0 Å². The summed E-state index contributed by atoms with van der Waals surface area (Å²) >= 11 is 0. The summed E-state index contributed by atoms with van der Waals surface area (Å²) in [6, 6.07) is 16.0. The van der Waals surface area contributed by atoms with Crippen molar-refractivity contribution in [3.8, 4) is 5.75 Å². The first-order chi connectivity index (χ1) is 16.2. The standard InChI is InChI=1S/C29H33NO4/c1-6-33-28(32)25-19(3)30-23-15-29(4,5)16-24(31)27(23)26(25)21-11-13-22(14-12-21)34-17-20-9-7-18(2)8-10-20/h7-14,26,30H,6,15-17H2,1-5H3/t26-/m1/s1. The second-order valence-electron chi connectivity index (χ2n) is 9.99. The van der Waals surface area contributed by atoms with Gasteiger partial charge >= 0.3 is 5.97 Å². The highest BCUT2D eigenvalue weighted by Gasteiger charge is 2.43. The maximum Gasteiger partial charge on any atom is 0.336 e. The van der Waals surface area contributed by atoms with Crippen LogP contribution in [0.1, 0.15) is 63.1 Å². The van der Waals surface area contributed by atoms with Gasteiger partial charge in [-0.25, -0.2) is 4.79 Å². The van der Waals surface area contributed by atoms with Crippen LogP contribution in [0.15, 0.2) is 71.1 Å². The normalized spacial score (nSPS) is 19.4. The third-order valence-electron chi connectivity index (χ3n) is 6.47. The molecule has 0 bridgehead atoms. The molecule has 1 aliphatic carbocycles. The smallest absolute Gasteiger partial charge is 0.336 e. The van der Waals surface area contributed by atoms with Gasteiger partial charge < -0.3 is 14.8 Å². The van der Waals surface area contributed by atoms with E-state index in [9.17, 15) is 9.59 Å². The van der Waals surface area contributed by atoms with Crippen LogP contribution >= 0.6 is 0 Å². The first-order valence-corrected chi connectivity index (χ1v) is 11.9. The number of nitrogens with one attached hydrogen (secondary N) is 1. The lowest BCUT2D eigenvalue weighted by atomic mass is 9.68. The van der Waals surface area contributed by atoms with Gasteiger partial charge in [-0.1, -0.05) is 55.8 Å². The maximum absolute atomic E-state index is 13.3. The van der Waals surface area contributed by atoms with E-state index in [1.165, 1.54) is 5.56 Å². The predicted octanol–water partition coefficient (Wildman–Crippen LogP) is 5.74. The van der Waals surface area contributed by atoms with Gasteiger partial charge in [0.15, 0.2) is 5.78 Å². The van der Waals surface area contributed by atoms with Gasteiger partial charge in [-0.2, -0.15) is 0 Å². The Balaban J connectivity index is 1.65. The maximum atomic E-state index is 13.3. The highest BCUT2D eigenvalue weighted by Crippen LogP contribution is 2.47. The lowest BCUT2D eigenvalue weighted by Gasteiger charge is -2.39. The molecule has 0 aromatic heterocycles. The van der Waals surface area contributed by atoms with E-state index in [2.05, 4.69) is 50.4 Å². The lowest BCUT2D eigenvalue weighted by Crippen LogP contribution is -2.38. The number of carbonyl (C=O) groups excluding carboxylic acids is 2. The van der Waals surface area contributed by atoms with Crippen molar-refractivity contribution in [1.82, 2.24) is 5.32 Å². The quantitative estimate of drug-likeness (QED) is 0.558. The number of ketones is 1. The Labute approximate surface area is 201 Å². The van der Waals surface area contributed by atoms with E-state index in [1.807, 2.05) is 31.2 Å². The van der Waals surface area contributed by atoms with Crippen LogP contribution in [-0.4, -0.2) is 18.4 Å². The Hall–Kier alpha value is -3.34. The molecule has 0 amide bonds. The third kappa shape index (κ3) is 4.93. The number of ether oxygens (including phenoxy) is 2. The molecule has 34 heavy (non-hydrogen) atoms. The summed E-state index contributed by atoms with van der Waals surface area (Å²) in [5.41, 5.74) is 5.91. The van der Waals surface area contributed by atoms with E-state index < -0.39 is 5.92 Å².